The van der Waals surface area contributed by atoms with Crippen LogP contribution in [-0.2, 0) is 0 Å². The second kappa shape index (κ2) is 6.31. The van der Waals surface area contributed by atoms with E-state index in [-0.39, 0.29) is 11.3 Å². The maximum absolute atomic E-state index is 13.8. The summed E-state index contributed by atoms with van der Waals surface area (Å²) in [5.41, 5.74) is 0.657. The number of amides is 1. The summed E-state index contributed by atoms with van der Waals surface area (Å²) in [6, 6.07) is 9.48. The molecule has 0 fully saturated rings. The molecule has 1 unspecified atom stereocenters. The molecule has 1 amide bonds. The van der Waals surface area contributed by atoms with E-state index in [1.165, 1.54) is 13.2 Å². The monoisotopic (exact) mass is 331 g/mol. The van der Waals surface area contributed by atoms with E-state index in [1.54, 1.807) is 31.2 Å². The van der Waals surface area contributed by atoms with Gasteiger partial charge in [-0.05, 0) is 25.1 Å². The third-order valence-electron chi connectivity index (χ3n) is 3.73. The Bertz CT molecular complexity index is 904. The Morgan fingerprint density at radius 2 is 2.00 bits per heavy atom. The number of halogens is 2. The smallest absolute Gasteiger partial charge is 0.287 e. The zero-order valence-corrected chi connectivity index (χ0v) is 13.1. The average molecular weight is 331 g/mol. The van der Waals surface area contributed by atoms with Crippen LogP contribution in [0.15, 0.2) is 46.9 Å². The molecule has 0 aliphatic rings. The summed E-state index contributed by atoms with van der Waals surface area (Å²) in [6.07, 6.45) is 0. The fourth-order valence-electron chi connectivity index (χ4n) is 2.51. The van der Waals surface area contributed by atoms with Gasteiger partial charge >= 0.3 is 0 Å². The quantitative estimate of drug-likeness (QED) is 0.779. The second-order valence-corrected chi connectivity index (χ2v) is 5.35. The molecule has 0 saturated heterocycles. The van der Waals surface area contributed by atoms with Crippen molar-refractivity contribution in [3.05, 3.63) is 65.4 Å². The van der Waals surface area contributed by atoms with E-state index in [9.17, 15) is 13.6 Å². The number of carbonyl (C=O) groups is 1. The van der Waals surface area contributed by atoms with Crippen molar-refractivity contribution >= 4 is 16.9 Å². The standard InChI is InChI=1S/C18H15F2NO3/c1-10(13-7-6-12(19)9-14(13)20)21-18(22)16-8-11-4-3-5-15(23-2)17(11)24-16/h3-10H,1-2H3,(H,21,22). The van der Waals surface area contributed by atoms with Crippen LogP contribution in [0.3, 0.4) is 0 Å². The van der Waals surface area contributed by atoms with Crippen LogP contribution in [0.4, 0.5) is 8.78 Å². The number of ether oxygens (including phenoxy) is 1. The van der Waals surface area contributed by atoms with Gasteiger partial charge in [-0.2, -0.15) is 0 Å². The number of hydrogen-bond donors (Lipinski definition) is 1. The molecule has 24 heavy (non-hydrogen) atoms. The van der Waals surface area contributed by atoms with Crippen LogP contribution in [0.5, 0.6) is 5.75 Å². The Morgan fingerprint density at radius 3 is 2.71 bits per heavy atom. The van der Waals surface area contributed by atoms with Gasteiger partial charge in [0, 0.05) is 17.0 Å². The lowest BCUT2D eigenvalue weighted by atomic mass is 10.1. The predicted octanol–water partition coefficient (Wildman–Crippen LogP) is 4.21. The lowest BCUT2D eigenvalue weighted by Gasteiger charge is -2.14. The van der Waals surface area contributed by atoms with Crippen LogP contribution in [0.2, 0.25) is 0 Å². The predicted molar refractivity (Wildman–Crippen MR) is 85.0 cm³/mol. The summed E-state index contributed by atoms with van der Waals surface area (Å²) in [5.74, 6) is -1.27. The molecule has 3 rings (SSSR count). The van der Waals surface area contributed by atoms with Gasteiger partial charge in [0.25, 0.3) is 5.91 Å². The first-order chi connectivity index (χ1) is 11.5. The summed E-state index contributed by atoms with van der Waals surface area (Å²) in [4.78, 5) is 12.3. The zero-order chi connectivity index (χ0) is 17.3. The van der Waals surface area contributed by atoms with E-state index in [2.05, 4.69) is 5.32 Å². The van der Waals surface area contributed by atoms with Crippen molar-refractivity contribution in [1.82, 2.24) is 5.32 Å². The molecule has 1 aromatic heterocycles. The van der Waals surface area contributed by atoms with Crippen molar-refractivity contribution in [2.24, 2.45) is 0 Å². The molecule has 4 nitrogen and oxygen atoms in total. The lowest BCUT2D eigenvalue weighted by molar-refractivity contribution is 0.0913. The zero-order valence-electron chi connectivity index (χ0n) is 13.1. The summed E-state index contributed by atoms with van der Waals surface area (Å²) >= 11 is 0. The Balaban J connectivity index is 1.84. The Labute approximate surface area is 137 Å². The maximum Gasteiger partial charge on any atom is 0.287 e. The minimum Gasteiger partial charge on any atom is -0.493 e. The van der Waals surface area contributed by atoms with Crippen molar-refractivity contribution in [2.45, 2.75) is 13.0 Å². The van der Waals surface area contributed by atoms with Gasteiger partial charge in [0.1, 0.15) is 11.6 Å². The number of benzene rings is 2. The molecule has 2 aromatic carbocycles. The summed E-state index contributed by atoms with van der Waals surface area (Å²) in [7, 11) is 1.51. The number of hydrogen-bond acceptors (Lipinski definition) is 3. The summed E-state index contributed by atoms with van der Waals surface area (Å²) in [5, 5.41) is 3.36. The molecule has 0 bridgehead atoms. The largest absolute Gasteiger partial charge is 0.493 e. The summed E-state index contributed by atoms with van der Waals surface area (Å²) < 4.78 is 37.5. The fourth-order valence-corrected chi connectivity index (χ4v) is 2.51. The van der Waals surface area contributed by atoms with Crippen LogP contribution in [0.1, 0.15) is 29.1 Å². The Hall–Kier alpha value is -2.89. The second-order valence-electron chi connectivity index (χ2n) is 5.35. The number of rotatable bonds is 4. The van der Waals surface area contributed by atoms with Gasteiger partial charge in [0.2, 0.25) is 0 Å². The van der Waals surface area contributed by atoms with E-state index in [4.69, 9.17) is 9.15 Å². The first kappa shape index (κ1) is 16.0. The normalized spacial score (nSPS) is 12.2. The van der Waals surface area contributed by atoms with Crippen molar-refractivity contribution in [2.75, 3.05) is 7.11 Å². The third kappa shape index (κ3) is 2.95. The van der Waals surface area contributed by atoms with Crippen molar-refractivity contribution in [3.63, 3.8) is 0 Å². The Morgan fingerprint density at radius 1 is 1.21 bits per heavy atom. The highest BCUT2D eigenvalue weighted by Crippen LogP contribution is 2.28. The molecule has 0 aliphatic heterocycles. The molecule has 0 spiro atoms. The average Bonchev–Trinajstić information content (AvgIpc) is 2.98. The van der Waals surface area contributed by atoms with Crippen LogP contribution in [-0.4, -0.2) is 13.0 Å². The molecule has 0 radical (unpaired) electrons. The highest BCUT2D eigenvalue weighted by molar-refractivity contribution is 5.97. The molecule has 0 saturated carbocycles. The van der Waals surface area contributed by atoms with Crippen molar-refractivity contribution in [3.8, 4) is 5.75 Å². The third-order valence-corrected chi connectivity index (χ3v) is 3.73. The molecule has 1 N–H and O–H groups in total. The number of fused-ring (bicyclic) bond motifs is 1. The van der Waals surface area contributed by atoms with E-state index >= 15 is 0 Å². The molecule has 1 atom stereocenters. The maximum atomic E-state index is 13.8. The number of carbonyl (C=O) groups excluding carboxylic acids is 1. The molecular formula is C18H15F2NO3. The van der Waals surface area contributed by atoms with Crippen LogP contribution in [0.25, 0.3) is 11.0 Å². The van der Waals surface area contributed by atoms with Gasteiger partial charge in [-0.1, -0.05) is 18.2 Å². The molecule has 0 aliphatic carbocycles. The van der Waals surface area contributed by atoms with E-state index in [0.717, 1.165) is 17.5 Å². The first-order valence-corrected chi connectivity index (χ1v) is 7.32. The van der Waals surface area contributed by atoms with E-state index in [0.29, 0.717) is 11.3 Å². The SMILES string of the molecule is COc1cccc2cc(C(=O)NC(C)c3ccc(F)cc3F)oc12. The van der Waals surface area contributed by atoms with Gasteiger partial charge in [-0.25, -0.2) is 8.78 Å². The molecule has 6 heteroatoms. The van der Waals surface area contributed by atoms with Crippen LogP contribution < -0.4 is 10.1 Å². The summed E-state index contributed by atoms with van der Waals surface area (Å²) in [6.45, 7) is 1.61. The minimum absolute atomic E-state index is 0.0869. The van der Waals surface area contributed by atoms with Gasteiger partial charge in [0.05, 0.1) is 13.2 Å². The van der Waals surface area contributed by atoms with Gasteiger partial charge in [-0.3, -0.25) is 4.79 Å². The van der Waals surface area contributed by atoms with Gasteiger partial charge in [0.15, 0.2) is 17.1 Å². The number of furan rings is 1. The first-order valence-electron chi connectivity index (χ1n) is 7.32. The lowest BCUT2D eigenvalue weighted by Crippen LogP contribution is -2.26. The Kier molecular flexibility index (Phi) is 4.20. The molecule has 3 aromatic rings. The number of nitrogens with one attached hydrogen (secondary N) is 1. The highest BCUT2D eigenvalue weighted by atomic mass is 19.1. The van der Waals surface area contributed by atoms with Gasteiger partial charge < -0.3 is 14.5 Å². The van der Waals surface area contributed by atoms with E-state index in [1.807, 2.05) is 0 Å². The minimum atomic E-state index is -0.714. The molecule has 1 heterocycles. The van der Waals surface area contributed by atoms with Crippen LogP contribution >= 0.6 is 0 Å². The molecular weight excluding hydrogens is 316 g/mol. The number of para-hydroxylation sites is 1. The fraction of sp³-hybridized carbons (Fsp3) is 0.167. The highest BCUT2D eigenvalue weighted by Gasteiger charge is 2.19. The van der Waals surface area contributed by atoms with Crippen molar-refractivity contribution in [1.29, 1.82) is 0 Å². The van der Waals surface area contributed by atoms with Crippen molar-refractivity contribution < 1.29 is 22.7 Å². The van der Waals surface area contributed by atoms with Gasteiger partial charge in [-0.15, -0.1) is 0 Å². The molecule has 124 valence electrons. The van der Waals surface area contributed by atoms with E-state index < -0.39 is 23.6 Å². The topological polar surface area (TPSA) is 51.5 Å². The van der Waals surface area contributed by atoms with Crippen LogP contribution in [0, 0.1) is 11.6 Å². The number of methoxy groups -OCH3 is 1.